The Labute approximate surface area is 107 Å². The highest BCUT2D eigenvalue weighted by molar-refractivity contribution is 4.92. The predicted octanol–water partition coefficient (Wildman–Crippen LogP) is 3.50. The van der Waals surface area contributed by atoms with Crippen LogP contribution in [0.15, 0.2) is 0 Å². The average molecular weight is 239 g/mol. The van der Waals surface area contributed by atoms with E-state index < -0.39 is 0 Å². The van der Waals surface area contributed by atoms with Crippen molar-refractivity contribution in [2.75, 3.05) is 13.1 Å². The van der Waals surface area contributed by atoms with Gasteiger partial charge in [0.1, 0.15) is 0 Å². The van der Waals surface area contributed by atoms with Gasteiger partial charge in [-0.05, 0) is 57.9 Å². The van der Waals surface area contributed by atoms with E-state index in [4.69, 9.17) is 4.74 Å². The van der Waals surface area contributed by atoms with Gasteiger partial charge in [-0.2, -0.15) is 0 Å². The molecule has 1 unspecified atom stereocenters. The number of ether oxygens (including phenoxy) is 1. The molecule has 1 atom stereocenters. The Morgan fingerprint density at radius 3 is 2.41 bits per heavy atom. The number of rotatable bonds is 5. The standard InChI is InChI=1S/C15H29NO/c1-4-16-12-15(8-5-6-9-15)11-13-7-10-14(2,3)17-13/h13,16H,4-12H2,1-3H3. The Balaban J connectivity index is 1.89. The smallest absolute Gasteiger partial charge is 0.0631 e. The third-order valence-electron chi connectivity index (χ3n) is 4.63. The molecule has 1 heterocycles. The summed E-state index contributed by atoms with van der Waals surface area (Å²) >= 11 is 0. The zero-order chi connectivity index (χ0) is 12.4. The van der Waals surface area contributed by atoms with Crippen LogP contribution in [-0.4, -0.2) is 24.8 Å². The summed E-state index contributed by atoms with van der Waals surface area (Å²) < 4.78 is 6.19. The molecule has 0 bridgehead atoms. The first-order valence-corrected chi connectivity index (χ1v) is 7.44. The summed E-state index contributed by atoms with van der Waals surface area (Å²) in [5, 5.41) is 3.57. The van der Waals surface area contributed by atoms with Crippen LogP contribution in [0.4, 0.5) is 0 Å². The number of hydrogen-bond acceptors (Lipinski definition) is 2. The highest BCUT2D eigenvalue weighted by Crippen LogP contribution is 2.45. The maximum absolute atomic E-state index is 6.19. The summed E-state index contributed by atoms with van der Waals surface area (Å²) in [7, 11) is 0. The maximum atomic E-state index is 6.19. The van der Waals surface area contributed by atoms with Gasteiger partial charge < -0.3 is 10.1 Å². The molecule has 0 amide bonds. The van der Waals surface area contributed by atoms with E-state index in [0.29, 0.717) is 11.5 Å². The molecule has 2 aliphatic rings. The van der Waals surface area contributed by atoms with Crippen LogP contribution >= 0.6 is 0 Å². The Morgan fingerprint density at radius 1 is 1.18 bits per heavy atom. The van der Waals surface area contributed by atoms with Crippen molar-refractivity contribution in [3.63, 3.8) is 0 Å². The molecule has 0 spiro atoms. The monoisotopic (exact) mass is 239 g/mol. The van der Waals surface area contributed by atoms with E-state index in [2.05, 4.69) is 26.1 Å². The molecule has 2 nitrogen and oxygen atoms in total. The lowest BCUT2D eigenvalue weighted by molar-refractivity contribution is -0.0350. The fraction of sp³-hybridized carbons (Fsp3) is 1.00. The molecule has 0 aromatic rings. The Bertz CT molecular complexity index is 243. The average Bonchev–Trinajstić information content (AvgIpc) is 2.84. The minimum atomic E-state index is 0.128. The number of hydrogen-bond donors (Lipinski definition) is 1. The summed E-state index contributed by atoms with van der Waals surface area (Å²) in [6.45, 7) is 8.97. The lowest BCUT2D eigenvalue weighted by Crippen LogP contribution is -2.35. The first kappa shape index (κ1) is 13.4. The fourth-order valence-corrected chi connectivity index (χ4v) is 3.67. The molecule has 0 aromatic carbocycles. The highest BCUT2D eigenvalue weighted by Gasteiger charge is 2.40. The molecular formula is C15H29NO. The zero-order valence-electron chi connectivity index (χ0n) is 11.8. The Hall–Kier alpha value is -0.0800. The third kappa shape index (κ3) is 3.45. The molecule has 0 aromatic heterocycles. The normalized spacial score (nSPS) is 30.9. The van der Waals surface area contributed by atoms with Crippen LogP contribution in [0.3, 0.4) is 0 Å². The maximum Gasteiger partial charge on any atom is 0.0631 e. The quantitative estimate of drug-likeness (QED) is 0.793. The second-order valence-corrected chi connectivity index (χ2v) is 6.73. The van der Waals surface area contributed by atoms with E-state index in [9.17, 15) is 0 Å². The summed E-state index contributed by atoms with van der Waals surface area (Å²) in [6.07, 6.45) is 9.94. The molecule has 2 rings (SSSR count). The van der Waals surface area contributed by atoms with Crippen molar-refractivity contribution >= 4 is 0 Å². The van der Waals surface area contributed by atoms with Gasteiger partial charge in [-0.3, -0.25) is 0 Å². The first-order valence-electron chi connectivity index (χ1n) is 7.44. The van der Waals surface area contributed by atoms with E-state index in [1.54, 1.807) is 0 Å². The molecular weight excluding hydrogens is 210 g/mol. The van der Waals surface area contributed by atoms with Gasteiger partial charge >= 0.3 is 0 Å². The summed E-state index contributed by atoms with van der Waals surface area (Å²) in [6, 6.07) is 0. The van der Waals surface area contributed by atoms with Crippen molar-refractivity contribution in [3.05, 3.63) is 0 Å². The van der Waals surface area contributed by atoms with Crippen molar-refractivity contribution in [3.8, 4) is 0 Å². The molecule has 17 heavy (non-hydrogen) atoms. The highest BCUT2D eigenvalue weighted by atomic mass is 16.5. The molecule has 1 aliphatic heterocycles. The lowest BCUT2D eigenvalue weighted by Gasteiger charge is -2.32. The van der Waals surface area contributed by atoms with Crippen LogP contribution in [0.25, 0.3) is 0 Å². The molecule has 2 heteroatoms. The largest absolute Gasteiger partial charge is 0.372 e. The SMILES string of the molecule is CCNCC1(CC2CCC(C)(C)O2)CCCC1. The topological polar surface area (TPSA) is 21.3 Å². The molecule has 1 saturated heterocycles. The van der Waals surface area contributed by atoms with Gasteiger partial charge in [0, 0.05) is 6.54 Å². The second kappa shape index (κ2) is 5.27. The molecule has 1 saturated carbocycles. The van der Waals surface area contributed by atoms with Crippen LogP contribution < -0.4 is 5.32 Å². The van der Waals surface area contributed by atoms with E-state index >= 15 is 0 Å². The van der Waals surface area contributed by atoms with Gasteiger partial charge in [0.2, 0.25) is 0 Å². The van der Waals surface area contributed by atoms with Gasteiger partial charge in [-0.1, -0.05) is 19.8 Å². The molecule has 2 fully saturated rings. The molecule has 1 N–H and O–H groups in total. The van der Waals surface area contributed by atoms with Crippen molar-refractivity contribution < 1.29 is 4.74 Å². The molecule has 1 aliphatic carbocycles. The van der Waals surface area contributed by atoms with Crippen LogP contribution in [0.1, 0.15) is 65.7 Å². The lowest BCUT2D eigenvalue weighted by atomic mass is 9.80. The Kier molecular flexibility index (Phi) is 4.14. The predicted molar refractivity (Wildman–Crippen MR) is 72.2 cm³/mol. The minimum absolute atomic E-state index is 0.128. The fourth-order valence-electron chi connectivity index (χ4n) is 3.67. The second-order valence-electron chi connectivity index (χ2n) is 6.73. The first-order chi connectivity index (χ1) is 8.05. The third-order valence-corrected chi connectivity index (χ3v) is 4.63. The zero-order valence-corrected chi connectivity index (χ0v) is 11.8. The van der Waals surface area contributed by atoms with E-state index in [1.165, 1.54) is 51.5 Å². The van der Waals surface area contributed by atoms with Crippen LogP contribution in [0.2, 0.25) is 0 Å². The van der Waals surface area contributed by atoms with Gasteiger partial charge in [0.15, 0.2) is 0 Å². The minimum Gasteiger partial charge on any atom is -0.372 e. The van der Waals surface area contributed by atoms with Gasteiger partial charge in [0.25, 0.3) is 0 Å². The van der Waals surface area contributed by atoms with Gasteiger partial charge in [0.05, 0.1) is 11.7 Å². The van der Waals surface area contributed by atoms with Crippen LogP contribution in [-0.2, 0) is 4.74 Å². The van der Waals surface area contributed by atoms with E-state index in [0.717, 1.165) is 6.54 Å². The van der Waals surface area contributed by atoms with Crippen LogP contribution in [0.5, 0.6) is 0 Å². The molecule has 100 valence electrons. The van der Waals surface area contributed by atoms with Crippen molar-refractivity contribution in [1.82, 2.24) is 5.32 Å². The summed E-state index contributed by atoms with van der Waals surface area (Å²) in [4.78, 5) is 0. The summed E-state index contributed by atoms with van der Waals surface area (Å²) in [5.74, 6) is 0. The van der Waals surface area contributed by atoms with Crippen molar-refractivity contribution in [2.45, 2.75) is 77.4 Å². The van der Waals surface area contributed by atoms with Gasteiger partial charge in [-0.15, -0.1) is 0 Å². The van der Waals surface area contributed by atoms with Gasteiger partial charge in [-0.25, -0.2) is 0 Å². The molecule has 0 radical (unpaired) electrons. The van der Waals surface area contributed by atoms with Crippen molar-refractivity contribution in [2.24, 2.45) is 5.41 Å². The van der Waals surface area contributed by atoms with Crippen molar-refractivity contribution in [1.29, 1.82) is 0 Å². The van der Waals surface area contributed by atoms with Crippen LogP contribution in [0, 0.1) is 5.41 Å². The Morgan fingerprint density at radius 2 is 1.88 bits per heavy atom. The summed E-state index contributed by atoms with van der Waals surface area (Å²) in [5.41, 5.74) is 0.670. The van der Waals surface area contributed by atoms with E-state index in [1.807, 2.05) is 0 Å². The van der Waals surface area contributed by atoms with E-state index in [-0.39, 0.29) is 5.60 Å². The number of nitrogens with one attached hydrogen (secondary N) is 1.